The summed E-state index contributed by atoms with van der Waals surface area (Å²) in [7, 11) is -8.72. The molecule has 1 aliphatic heterocycles. The van der Waals surface area contributed by atoms with E-state index in [4.69, 9.17) is 22.5 Å². The molecule has 0 aromatic heterocycles. The molecule has 0 saturated carbocycles. The third-order valence-electron chi connectivity index (χ3n) is 1.68. The van der Waals surface area contributed by atoms with Gasteiger partial charge in [-0.15, -0.1) is 12.9 Å². The second kappa shape index (κ2) is 4.41. The van der Waals surface area contributed by atoms with Crippen molar-refractivity contribution >= 4 is 46.5 Å². The van der Waals surface area contributed by atoms with Gasteiger partial charge in [-0.25, -0.2) is 0 Å². The van der Waals surface area contributed by atoms with Crippen molar-refractivity contribution in [2.45, 2.75) is 4.90 Å². The van der Waals surface area contributed by atoms with Crippen molar-refractivity contribution in [3.8, 4) is 0 Å². The molecule has 0 amide bonds. The fourth-order valence-corrected chi connectivity index (χ4v) is 9.81. The summed E-state index contributed by atoms with van der Waals surface area (Å²) < 4.78 is 48.1. The molecule has 0 aliphatic carbocycles. The number of hydrogen-bond acceptors (Lipinski definition) is 4. The molecule has 1 heterocycles. The predicted molar refractivity (Wildman–Crippen MR) is 67.9 cm³/mol. The first-order valence-electron chi connectivity index (χ1n) is 4.12. The maximum Gasteiger partial charge on any atom is 0.459 e. The molecule has 0 saturated heterocycles. The molecule has 0 radical (unpaired) electrons. The first-order chi connectivity index (χ1) is 7.73. The second-order valence-electron chi connectivity index (χ2n) is 2.97. The molecule has 1 unspecified atom stereocenters. The summed E-state index contributed by atoms with van der Waals surface area (Å²) in [5.74, 6) is -3.62. The van der Waals surface area contributed by atoms with Gasteiger partial charge in [-0.1, -0.05) is 18.2 Å². The monoisotopic (exact) mass is 337 g/mol. The van der Waals surface area contributed by atoms with Crippen LogP contribution >= 0.6 is 36.2 Å². The van der Waals surface area contributed by atoms with Crippen molar-refractivity contribution in [3.05, 3.63) is 30.3 Å². The molecule has 0 bridgehead atoms. The van der Waals surface area contributed by atoms with Crippen molar-refractivity contribution in [2.75, 3.05) is 0 Å². The van der Waals surface area contributed by atoms with E-state index in [0.29, 0.717) is 0 Å². The van der Waals surface area contributed by atoms with Crippen LogP contribution in [0.5, 0.6) is 0 Å². The minimum absolute atomic E-state index is 0.0558. The molecule has 0 spiro atoms. The minimum Gasteiger partial charge on any atom is -0.603 e. The zero-order valence-corrected chi connectivity index (χ0v) is 12.1. The van der Waals surface area contributed by atoms with E-state index >= 15 is 0 Å². The Bertz CT molecular complexity index is 603. The van der Waals surface area contributed by atoms with Crippen LogP contribution in [0.25, 0.3) is 0 Å². The van der Waals surface area contributed by atoms with Crippen LogP contribution in [-0.2, 0) is 10.3 Å². The predicted octanol–water partition coefficient (Wildman–Crippen LogP) is 5.75. The van der Waals surface area contributed by atoms with Crippen LogP contribution < -0.4 is 0 Å². The van der Waals surface area contributed by atoms with E-state index in [1.165, 1.54) is 24.3 Å². The number of benzene rings is 1. The molecule has 17 heavy (non-hydrogen) atoms. The van der Waals surface area contributed by atoms with Crippen molar-refractivity contribution in [3.63, 3.8) is 0 Å². The Morgan fingerprint density at radius 1 is 1.18 bits per heavy atom. The fraction of sp³-hybridized carbons (Fsp3) is 0. The van der Waals surface area contributed by atoms with Gasteiger partial charge in [0.25, 0.3) is 0 Å². The van der Waals surface area contributed by atoms with Crippen LogP contribution in [0.15, 0.2) is 48.0 Å². The fourth-order valence-electron chi connectivity index (χ4n) is 1.14. The van der Waals surface area contributed by atoms with Crippen LogP contribution in [-0.4, -0.2) is 4.55 Å². The standard InChI is InChI=1S/C6H5Cl2F2N3OP2S/c7-15(8)11-16(9,10)13-17(14,12-15)6-4-2-1-3-5-6/h1-5H. The van der Waals surface area contributed by atoms with Crippen LogP contribution in [0.3, 0.4) is 0 Å². The van der Waals surface area contributed by atoms with Gasteiger partial charge < -0.3 is 4.55 Å². The Kier molecular flexibility index (Phi) is 3.54. The molecule has 0 fully saturated rings. The highest BCUT2D eigenvalue weighted by Gasteiger charge is 2.37. The normalized spacial score (nSPS) is 29.7. The van der Waals surface area contributed by atoms with Crippen LogP contribution in [0.2, 0.25) is 0 Å². The van der Waals surface area contributed by atoms with Gasteiger partial charge in [0.2, 0.25) is 0 Å². The summed E-state index contributed by atoms with van der Waals surface area (Å²) in [5, 5.41) is 0. The zero-order valence-electron chi connectivity index (χ0n) is 7.95. The second-order valence-corrected chi connectivity index (χ2v) is 11.6. The molecule has 1 atom stereocenters. The van der Waals surface area contributed by atoms with Gasteiger partial charge in [-0.2, -0.15) is 0 Å². The average molecular weight is 338 g/mol. The molecule has 0 N–H and O–H groups in total. The molecular weight excluding hydrogens is 333 g/mol. The van der Waals surface area contributed by atoms with E-state index in [1.807, 2.05) is 0 Å². The van der Waals surface area contributed by atoms with E-state index in [0.717, 1.165) is 0 Å². The lowest BCUT2D eigenvalue weighted by Crippen LogP contribution is -2.07. The van der Waals surface area contributed by atoms with Gasteiger partial charge in [0.05, 0.1) is 10.3 Å². The molecule has 1 aromatic carbocycles. The molecule has 1 aromatic rings. The first-order valence-corrected chi connectivity index (χ1v) is 10.6. The zero-order chi connectivity index (χ0) is 12.7. The van der Waals surface area contributed by atoms with Crippen LogP contribution in [0.4, 0.5) is 8.39 Å². The summed E-state index contributed by atoms with van der Waals surface area (Å²) in [6.45, 7) is 0. The van der Waals surface area contributed by atoms with E-state index in [-0.39, 0.29) is 4.90 Å². The Labute approximate surface area is 107 Å². The number of nitrogens with zero attached hydrogens (tertiary/aromatic N) is 3. The lowest BCUT2D eigenvalue weighted by Gasteiger charge is -2.20. The number of rotatable bonds is 1. The topological polar surface area (TPSA) is 60.1 Å². The maximum atomic E-state index is 13.3. The van der Waals surface area contributed by atoms with Gasteiger partial charge in [-0.3, -0.25) is 0 Å². The van der Waals surface area contributed by atoms with E-state index in [1.54, 1.807) is 6.07 Å². The highest BCUT2D eigenvalue weighted by atomic mass is 35.9. The van der Waals surface area contributed by atoms with Crippen molar-refractivity contribution < 1.29 is 12.9 Å². The lowest BCUT2D eigenvalue weighted by molar-refractivity contribution is 0.586. The van der Waals surface area contributed by atoms with Gasteiger partial charge in [0.1, 0.15) is 0 Å². The summed E-state index contributed by atoms with van der Waals surface area (Å²) >= 11 is 11.1. The average Bonchev–Trinajstić information content (AvgIpc) is 2.13. The van der Waals surface area contributed by atoms with Gasteiger partial charge in [0.15, 0.2) is 4.90 Å². The van der Waals surface area contributed by atoms with Crippen LogP contribution in [0.1, 0.15) is 0 Å². The third kappa shape index (κ3) is 3.16. The highest BCUT2D eigenvalue weighted by molar-refractivity contribution is 8.18. The summed E-state index contributed by atoms with van der Waals surface area (Å²) in [4.78, 5) is 0.0558. The van der Waals surface area contributed by atoms with Crippen LogP contribution in [0, 0.1) is 0 Å². The Morgan fingerprint density at radius 3 is 2.29 bits per heavy atom. The Morgan fingerprint density at radius 2 is 1.76 bits per heavy atom. The summed E-state index contributed by atoms with van der Waals surface area (Å²) in [6, 6.07) is 7.50. The SMILES string of the molecule is [O-][S+]1(c2ccccc2)=NP(Cl)(Cl)=NP(F)(F)=N1. The van der Waals surface area contributed by atoms with E-state index < -0.39 is 24.0 Å². The Hall–Kier alpha value is 0.230. The van der Waals surface area contributed by atoms with Gasteiger partial charge >= 0.3 is 13.7 Å². The van der Waals surface area contributed by atoms with Crippen molar-refractivity contribution in [1.29, 1.82) is 0 Å². The first kappa shape index (κ1) is 13.7. The summed E-state index contributed by atoms with van der Waals surface area (Å²) in [6.07, 6.45) is 0. The third-order valence-corrected chi connectivity index (χ3v) is 9.96. The smallest absolute Gasteiger partial charge is 0.459 e. The molecule has 4 nitrogen and oxygen atoms in total. The van der Waals surface area contributed by atoms with Crippen molar-refractivity contribution in [2.24, 2.45) is 12.8 Å². The molecular formula is C6H5Cl2F2N3OP2S. The van der Waals surface area contributed by atoms with Gasteiger partial charge in [0, 0.05) is 0 Å². The van der Waals surface area contributed by atoms with E-state index in [9.17, 15) is 12.9 Å². The summed E-state index contributed by atoms with van der Waals surface area (Å²) in [5.41, 5.74) is 0. The number of hydrogen-bond donors (Lipinski definition) is 0. The van der Waals surface area contributed by atoms with E-state index in [2.05, 4.69) is 12.8 Å². The highest BCUT2D eigenvalue weighted by Crippen LogP contribution is 2.76. The van der Waals surface area contributed by atoms with Gasteiger partial charge in [-0.05, 0) is 42.9 Å². The largest absolute Gasteiger partial charge is 0.603 e. The molecule has 94 valence electrons. The lowest BCUT2D eigenvalue weighted by atomic mass is 10.4. The molecule has 11 heteroatoms. The minimum atomic E-state index is -5.08. The molecule has 2 rings (SSSR count). The Balaban J connectivity index is 2.73. The van der Waals surface area contributed by atoms with Crippen molar-refractivity contribution in [1.82, 2.24) is 0 Å². The quantitative estimate of drug-likeness (QED) is 0.475. The molecule has 1 aliphatic rings. The maximum absolute atomic E-state index is 13.3. The number of halogens is 4.